The number of phenols is 1. The number of likely N-dealkylation sites (tertiary alicyclic amines) is 2. The zero-order valence-electron chi connectivity index (χ0n) is 28.1. The van der Waals surface area contributed by atoms with Gasteiger partial charge in [0.1, 0.15) is 5.75 Å². The predicted octanol–water partition coefficient (Wildman–Crippen LogP) is 3.03. The quantitative estimate of drug-likeness (QED) is 0.378. The number of nitrogens with one attached hydrogen (secondary N) is 1. The second-order valence-electron chi connectivity index (χ2n) is 13.4. The number of carboxylic acid groups (broad SMARTS) is 1. The van der Waals surface area contributed by atoms with E-state index >= 15 is 0 Å². The van der Waals surface area contributed by atoms with Crippen LogP contribution in [0.25, 0.3) is 0 Å². The molecule has 0 radical (unpaired) electrons. The van der Waals surface area contributed by atoms with Gasteiger partial charge in [-0.15, -0.1) is 0 Å². The van der Waals surface area contributed by atoms with Gasteiger partial charge in [0.2, 0.25) is 6.10 Å². The Hall–Kier alpha value is -4.80. The van der Waals surface area contributed by atoms with Gasteiger partial charge in [0, 0.05) is 62.6 Å². The Balaban J connectivity index is 1.09. The minimum atomic E-state index is -1.32. The van der Waals surface area contributed by atoms with Crippen molar-refractivity contribution in [1.29, 1.82) is 0 Å². The lowest BCUT2D eigenvalue weighted by molar-refractivity contribution is -0.140. The lowest BCUT2D eigenvalue weighted by Crippen LogP contribution is -2.60. The summed E-state index contributed by atoms with van der Waals surface area (Å²) in [4.78, 5) is 60.7. The van der Waals surface area contributed by atoms with Crippen LogP contribution in [-0.4, -0.2) is 130 Å². The van der Waals surface area contributed by atoms with Gasteiger partial charge in [-0.3, -0.25) is 19.4 Å². The molecule has 4 aliphatic heterocycles. The summed E-state index contributed by atoms with van der Waals surface area (Å²) in [6.45, 7) is 7.65. The molecule has 2 atom stereocenters. The molecule has 49 heavy (non-hydrogen) atoms. The summed E-state index contributed by atoms with van der Waals surface area (Å²) in [5, 5.41) is 22.2. The van der Waals surface area contributed by atoms with Gasteiger partial charge in [0.05, 0.1) is 19.8 Å². The molecule has 0 saturated carbocycles. The molecule has 2 aromatic rings. The second kappa shape index (κ2) is 14.8. The second-order valence-corrected chi connectivity index (χ2v) is 13.4. The average Bonchev–Trinajstić information content (AvgIpc) is 3.48. The largest absolute Gasteiger partial charge is 0.507 e. The molecule has 13 nitrogen and oxygen atoms in total. The number of amides is 4. The number of aryl methyl sites for hydroxylation is 2. The number of para-hydroxylation sites is 1. The Labute approximate surface area is 286 Å². The van der Waals surface area contributed by atoms with E-state index in [4.69, 9.17) is 9.84 Å². The summed E-state index contributed by atoms with van der Waals surface area (Å²) in [6, 6.07) is 11.2. The minimum absolute atomic E-state index is 0.0281. The summed E-state index contributed by atoms with van der Waals surface area (Å²) < 4.78 is 5.84. The fourth-order valence-corrected chi connectivity index (χ4v) is 7.10. The molecule has 3 N–H and O–H groups in total. The van der Waals surface area contributed by atoms with Crippen LogP contribution in [0.15, 0.2) is 36.4 Å². The number of hydrogen-bond donors (Lipinski definition) is 3. The number of carbonyl (C=O) groups is 4. The number of hydrogen-bond acceptors (Lipinski definition) is 8. The smallest absolute Gasteiger partial charge is 0.411 e. The first-order valence-corrected chi connectivity index (χ1v) is 17.0. The van der Waals surface area contributed by atoms with E-state index in [-0.39, 0.29) is 36.2 Å². The van der Waals surface area contributed by atoms with Crippen LogP contribution in [0.5, 0.6) is 5.75 Å². The number of aliphatic carboxylic acids is 1. The SMILES string of the molecule is Cc1cc(C#CC(OC(=O)N2CCC(N3CCc4ccccc4NC3=O)CC2)C(=O)N2CCC(N3CN(CCC(=O)O)C3)C2)cc(C)c1O. The Morgan fingerprint density at radius 1 is 0.980 bits per heavy atom. The van der Waals surface area contributed by atoms with Gasteiger partial charge < -0.3 is 35.0 Å². The minimum Gasteiger partial charge on any atom is -0.507 e. The third-order valence-electron chi connectivity index (χ3n) is 9.98. The number of piperidine rings is 1. The number of phenolic OH excluding ortho intramolecular Hbond substituents is 1. The number of urea groups is 1. The van der Waals surface area contributed by atoms with Gasteiger partial charge >= 0.3 is 18.1 Å². The van der Waals surface area contributed by atoms with Crippen LogP contribution in [0.4, 0.5) is 15.3 Å². The van der Waals surface area contributed by atoms with Crippen molar-refractivity contribution in [3.63, 3.8) is 0 Å². The zero-order valence-corrected chi connectivity index (χ0v) is 28.1. The summed E-state index contributed by atoms with van der Waals surface area (Å²) in [7, 11) is 0. The fraction of sp³-hybridized carbons (Fsp3) is 0.500. The van der Waals surface area contributed by atoms with Gasteiger partial charge in [-0.05, 0) is 80.3 Å². The van der Waals surface area contributed by atoms with Crippen LogP contribution in [-0.2, 0) is 20.7 Å². The maximum atomic E-state index is 13.9. The van der Waals surface area contributed by atoms with Crippen LogP contribution < -0.4 is 5.32 Å². The number of aromatic hydroxyl groups is 1. The normalized spacial score (nSPS) is 20.7. The van der Waals surface area contributed by atoms with Crippen molar-refractivity contribution in [3.05, 3.63) is 58.7 Å². The van der Waals surface area contributed by atoms with E-state index in [9.17, 15) is 24.3 Å². The highest BCUT2D eigenvalue weighted by Crippen LogP contribution is 2.26. The molecule has 4 heterocycles. The molecule has 2 aromatic carbocycles. The first-order valence-electron chi connectivity index (χ1n) is 17.0. The molecule has 0 bridgehead atoms. The van der Waals surface area contributed by atoms with E-state index in [1.807, 2.05) is 29.2 Å². The topological polar surface area (TPSA) is 146 Å². The summed E-state index contributed by atoms with van der Waals surface area (Å²) in [6.07, 6.45) is 0.824. The highest BCUT2D eigenvalue weighted by Gasteiger charge is 2.39. The molecule has 3 fully saturated rings. The molecule has 4 amide bonds. The molecule has 4 aliphatic rings. The standard InChI is InChI=1S/C36H44N6O7/c1-24-19-26(20-25(2)33(24)45)7-8-31(34(46)40-17-12-29(21-40)41-22-38(23-41)14-13-32(43)44)49-36(48)39-15-10-28(11-16-39)42-18-9-27-5-3-4-6-30(27)37-35(42)47/h3-6,19-20,28-29,31,45H,9-18,21-23H2,1-2H3,(H,37,47)(H,43,44). The molecular formula is C36H44N6O7. The average molecular weight is 673 g/mol. The summed E-state index contributed by atoms with van der Waals surface area (Å²) in [5.41, 5.74) is 3.84. The Morgan fingerprint density at radius 2 is 1.65 bits per heavy atom. The Morgan fingerprint density at radius 3 is 2.37 bits per heavy atom. The summed E-state index contributed by atoms with van der Waals surface area (Å²) >= 11 is 0. The van der Waals surface area contributed by atoms with Crippen molar-refractivity contribution in [2.75, 3.05) is 57.9 Å². The number of carbonyl (C=O) groups excluding carboxylic acids is 3. The van der Waals surface area contributed by atoms with E-state index in [2.05, 4.69) is 27.0 Å². The third-order valence-corrected chi connectivity index (χ3v) is 9.98. The van der Waals surface area contributed by atoms with E-state index in [1.165, 1.54) is 0 Å². The molecule has 2 unspecified atom stereocenters. The maximum absolute atomic E-state index is 13.9. The van der Waals surface area contributed by atoms with Gasteiger partial charge in [-0.25, -0.2) is 9.59 Å². The number of rotatable bonds is 7. The van der Waals surface area contributed by atoms with Crippen molar-refractivity contribution < 1.29 is 34.1 Å². The number of fused-ring (bicyclic) bond motifs is 1. The van der Waals surface area contributed by atoms with Gasteiger partial charge in [-0.2, -0.15) is 0 Å². The van der Waals surface area contributed by atoms with Crippen molar-refractivity contribution in [1.82, 2.24) is 24.5 Å². The molecule has 3 saturated heterocycles. The number of carboxylic acids is 1. The monoisotopic (exact) mass is 672 g/mol. The van der Waals surface area contributed by atoms with Crippen LogP contribution in [0.2, 0.25) is 0 Å². The van der Waals surface area contributed by atoms with E-state index in [0.717, 1.165) is 24.1 Å². The Bertz CT molecular complexity index is 1630. The van der Waals surface area contributed by atoms with Crippen LogP contribution in [0, 0.1) is 25.7 Å². The summed E-state index contributed by atoms with van der Waals surface area (Å²) in [5.74, 6) is 4.90. The van der Waals surface area contributed by atoms with Crippen LogP contribution in [0.1, 0.15) is 47.9 Å². The number of nitrogens with zero attached hydrogens (tertiary/aromatic N) is 5. The number of ether oxygens (including phenoxy) is 1. The lowest BCUT2D eigenvalue weighted by Gasteiger charge is -2.45. The molecule has 0 aliphatic carbocycles. The highest BCUT2D eigenvalue weighted by molar-refractivity contribution is 5.91. The first kappa shape index (κ1) is 34.1. The lowest BCUT2D eigenvalue weighted by atomic mass is 10.0. The zero-order chi connectivity index (χ0) is 34.7. The molecular weight excluding hydrogens is 628 g/mol. The van der Waals surface area contributed by atoms with E-state index < -0.39 is 18.2 Å². The molecule has 0 aromatic heterocycles. The van der Waals surface area contributed by atoms with Crippen molar-refractivity contribution in [3.8, 4) is 17.6 Å². The van der Waals surface area contributed by atoms with Crippen molar-refractivity contribution >= 4 is 29.7 Å². The number of benzene rings is 2. The van der Waals surface area contributed by atoms with E-state index in [0.29, 0.717) is 82.1 Å². The van der Waals surface area contributed by atoms with Gasteiger partial charge in [-0.1, -0.05) is 24.1 Å². The van der Waals surface area contributed by atoms with E-state index in [1.54, 1.807) is 35.8 Å². The fourth-order valence-electron chi connectivity index (χ4n) is 7.10. The molecule has 13 heteroatoms. The first-order chi connectivity index (χ1) is 23.5. The van der Waals surface area contributed by atoms with Crippen molar-refractivity contribution in [2.45, 2.75) is 64.1 Å². The van der Waals surface area contributed by atoms with Crippen molar-refractivity contribution in [2.24, 2.45) is 0 Å². The van der Waals surface area contributed by atoms with Crippen LogP contribution in [0.3, 0.4) is 0 Å². The molecule has 260 valence electrons. The maximum Gasteiger partial charge on any atom is 0.411 e. The number of anilines is 1. The van der Waals surface area contributed by atoms with Gasteiger partial charge in [0.25, 0.3) is 5.91 Å². The molecule has 6 rings (SSSR count). The Kier molecular flexibility index (Phi) is 10.3. The van der Waals surface area contributed by atoms with Gasteiger partial charge in [0.15, 0.2) is 0 Å². The molecule has 0 spiro atoms. The third kappa shape index (κ3) is 7.92. The highest BCUT2D eigenvalue weighted by atomic mass is 16.6. The van der Waals surface area contributed by atoms with Crippen LogP contribution >= 0.6 is 0 Å². The predicted molar refractivity (Wildman–Crippen MR) is 181 cm³/mol.